The first-order chi connectivity index (χ1) is 15.3. The summed E-state index contributed by atoms with van der Waals surface area (Å²) in [6.45, 7) is 0. The molecule has 2 amide bonds. The lowest BCUT2D eigenvalue weighted by molar-refractivity contribution is -0.120. The van der Waals surface area contributed by atoms with E-state index in [4.69, 9.17) is 4.52 Å². The highest BCUT2D eigenvalue weighted by molar-refractivity contribution is 6.62. The Morgan fingerprint density at radius 2 is 1.91 bits per heavy atom. The first kappa shape index (κ1) is 20.6. The van der Waals surface area contributed by atoms with Gasteiger partial charge in [-0.15, -0.1) is 0 Å². The van der Waals surface area contributed by atoms with Crippen LogP contribution in [-0.2, 0) is 16.8 Å². The van der Waals surface area contributed by atoms with Crippen molar-refractivity contribution in [2.75, 3.05) is 4.90 Å². The van der Waals surface area contributed by atoms with E-state index in [0.717, 1.165) is 24.1 Å². The number of anilines is 1. The number of fused-ring (bicyclic) bond motifs is 1. The SMILES string of the molecule is BC(B)(B)N1C(=O)[C@@H](NC(=O)c2cc(C3(n4nccn4)CC3)on2)CCc2ccccc21. The summed E-state index contributed by atoms with van der Waals surface area (Å²) < 4.78 is 5.50. The Kier molecular flexibility index (Phi) is 4.76. The Morgan fingerprint density at radius 1 is 1.19 bits per heavy atom. The van der Waals surface area contributed by atoms with Crippen molar-refractivity contribution in [1.29, 1.82) is 0 Å². The number of hydrogen-bond donors (Lipinski definition) is 1. The number of aromatic nitrogens is 4. The number of nitrogens with one attached hydrogen (secondary N) is 1. The van der Waals surface area contributed by atoms with Gasteiger partial charge in [0.2, 0.25) is 5.91 Å². The summed E-state index contributed by atoms with van der Waals surface area (Å²) in [5, 5.41) is 14.9. The molecule has 1 fully saturated rings. The number of carbonyl (C=O) groups is 2. The third-order valence-corrected chi connectivity index (χ3v) is 6.16. The average molecular weight is 428 g/mol. The Bertz CT molecular complexity index is 1170. The van der Waals surface area contributed by atoms with Crippen LogP contribution in [0.15, 0.2) is 47.2 Å². The van der Waals surface area contributed by atoms with Crippen LogP contribution in [0.2, 0.25) is 0 Å². The van der Waals surface area contributed by atoms with Gasteiger partial charge in [-0.25, -0.2) is 0 Å². The summed E-state index contributed by atoms with van der Waals surface area (Å²) in [6, 6.07) is 8.88. The summed E-state index contributed by atoms with van der Waals surface area (Å²) in [5.74, 6) is -0.00363. The van der Waals surface area contributed by atoms with Gasteiger partial charge in [0, 0.05) is 11.8 Å². The van der Waals surface area contributed by atoms with Gasteiger partial charge >= 0.3 is 0 Å². The molecule has 32 heavy (non-hydrogen) atoms. The molecule has 1 atom stereocenters. The number of rotatable bonds is 5. The van der Waals surface area contributed by atoms with Crippen molar-refractivity contribution >= 4 is 41.0 Å². The lowest BCUT2D eigenvalue weighted by Gasteiger charge is -2.38. The highest BCUT2D eigenvalue weighted by Gasteiger charge is 2.52. The molecule has 1 aliphatic carbocycles. The van der Waals surface area contributed by atoms with Gasteiger partial charge in [-0.05, 0) is 42.6 Å². The van der Waals surface area contributed by atoms with E-state index < -0.39 is 22.7 Å². The summed E-state index contributed by atoms with van der Waals surface area (Å²) in [6.07, 6.45) is 6.06. The first-order valence-corrected chi connectivity index (χ1v) is 10.9. The number of para-hydroxylation sites is 1. The molecule has 0 saturated heterocycles. The maximum absolute atomic E-state index is 13.5. The van der Waals surface area contributed by atoms with Crippen molar-refractivity contribution in [3.8, 4) is 0 Å². The predicted molar refractivity (Wildman–Crippen MR) is 125 cm³/mol. The predicted octanol–water partition coefficient (Wildman–Crippen LogP) is -1.61. The van der Waals surface area contributed by atoms with Crippen LogP contribution in [0.4, 0.5) is 5.69 Å². The molecule has 2 aliphatic rings. The van der Waals surface area contributed by atoms with Gasteiger partial charge < -0.3 is 14.7 Å². The van der Waals surface area contributed by atoms with E-state index in [2.05, 4.69) is 20.7 Å². The number of amides is 2. The molecule has 2 aromatic heterocycles. The van der Waals surface area contributed by atoms with Crippen LogP contribution < -0.4 is 10.2 Å². The fraction of sp³-hybridized carbons (Fsp3) is 0.350. The molecule has 0 radical (unpaired) electrons. The molecule has 0 unspecified atom stereocenters. The Labute approximate surface area is 188 Å². The minimum atomic E-state index is -0.656. The fourth-order valence-corrected chi connectivity index (χ4v) is 4.40. The largest absolute Gasteiger partial charge is 0.358 e. The molecule has 1 aromatic carbocycles. The minimum absolute atomic E-state index is 0.126. The maximum atomic E-state index is 13.5. The zero-order valence-corrected chi connectivity index (χ0v) is 18.4. The van der Waals surface area contributed by atoms with Crippen LogP contribution in [0.1, 0.15) is 41.1 Å². The molecule has 3 heterocycles. The molecule has 1 aliphatic heterocycles. The molecule has 12 heteroatoms. The quantitative estimate of drug-likeness (QED) is 0.491. The molecule has 160 valence electrons. The average Bonchev–Trinajstić information content (AvgIpc) is 3.17. The van der Waals surface area contributed by atoms with Gasteiger partial charge in [0.25, 0.3) is 5.91 Å². The van der Waals surface area contributed by atoms with Crippen LogP contribution in [0.3, 0.4) is 0 Å². The number of benzene rings is 1. The first-order valence-electron chi connectivity index (χ1n) is 10.9. The molecule has 1 N–H and O–H groups in total. The molecular formula is C20H23B3N6O3. The second-order valence-corrected chi connectivity index (χ2v) is 9.46. The highest BCUT2D eigenvalue weighted by atomic mass is 16.5. The third-order valence-electron chi connectivity index (χ3n) is 6.16. The lowest BCUT2D eigenvalue weighted by atomic mass is 9.48. The monoisotopic (exact) mass is 428 g/mol. The lowest BCUT2D eigenvalue weighted by Crippen LogP contribution is -2.59. The standard InChI is InChI=1S/C20H23B3N6O3/c21-20(22,23)28-15-4-2-1-3-12(15)5-6-13(18(28)31)26-17(30)14-11-16(32-27-14)19(7-8-19)29-24-9-10-25-29/h1-4,9-11,13H,5-8,21-23H2,(H,26,30)/t13-/m0/s1. The summed E-state index contributed by atoms with van der Waals surface area (Å²) in [4.78, 5) is 29.9. The van der Waals surface area contributed by atoms with Gasteiger partial charge in [-0.1, -0.05) is 23.4 Å². The molecule has 9 nitrogen and oxygen atoms in total. The Morgan fingerprint density at radius 3 is 2.59 bits per heavy atom. The number of hydrogen-bond acceptors (Lipinski definition) is 6. The summed E-state index contributed by atoms with van der Waals surface area (Å²) in [5.41, 5.74) is 1.67. The van der Waals surface area contributed by atoms with E-state index in [9.17, 15) is 9.59 Å². The smallest absolute Gasteiger partial charge is 0.274 e. The van der Waals surface area contributed by atoms with Crippen LogP contribution >= 0.6 is 0 Å². The van der Waals surface area contributed by atoms with Crippen LogP contribution in [0.25, 0.3) is 0 Å². The Hall–Kier alpha value is -3.30. The Balaban J connectivity index is 1.37. The second kappa shape index (κ2) is 7.39. The second-order valence-electron chi connectivity index (χ2n) is 9.46. The normalized spacial score (nSPS) is 19.8. The minimum Gasteiger partial charge on any atom is -0.358 e. The van der Waals surface area contributed by atoms with E-state index >= 15 is 0 Å². The van der Waals surface area contributed by atoms with Crippen molar-refractivity contribution < 1.29 is 14.1 Å². The molecule has 1 saturated carbocycles. The van der Waals surface area contributed by atoms with Crippen LogP contribution in [0.5, 0.6) is 0 Å². The van der Waals surface area contributed by atoms with Gasteiger partial charge in [-0.2, -0.15) is 15.0 Å². The zero-order valence-electron chi connectivity index (χ0n) is 18.4. The van der Waals surface area contributed by atoms with Crippen LogP contribution in [0, 0.1) is 0 Å². The molecule has 0 spiro atoms. The van der Waals surface area contributed by atoms with E-state index in [1.807, 2.05) is 47.8 Å². The van der Waals surface area contributed by atoms with E-state index in [-0.39, 0.29) is 11.6 Å². The topological polar surface area (TPSA) is 106 Å². The van der Waals surface area contributed by atoms with E-state index in [1.165, 1.54) is 0 Å². The van der Waals surface area contributed by atoms with Gasteiger partial charge in [0.05, 0.1) is 12.4 Å². The summed E-state index contributed by atoms with van der Waals surface area (Å²) in [7, 11) is 5.98. The molecule has 0 bridgehead atoms. The van der Waals surface area contributed by atoms with Gasteiger partial charge in [0.15, 0.2) is 11.5 Å². The summed E-state index contributed by atoms with van der Waals surface area (Å²) >= 11 is 0. The van der Waals surface area contributed by atoms with Crippen molar-refractivity contribution in [2.24, 2.45) is 0 Å². The van der Waals surface area contributed by atoms with Gasteiger partial charge in [0.1, 0.15) is 35.1 Å². The molecule has 3 aromatic rings. The molecule has 5 rings (SSSR count). The number of nitrogens with zero attached hydrogens (tertiary/aromatic N) is 5. The number of aryl methyl sites for hydroxylation is 1. The maximum Gasteiger partial charge on any atom is 0.274 e. The zero-order chi connectivity index (χ0) is 22.5. The highest BCUT2D eigenvalue weighted by Crippen LogP contribution is 2.48. The fourth-order valence-electron chi connectivity index (χ4n) is 4.40. The third kappa shape index (κ3) is 3.43. The van der Waals surface area contributed by atoms with Gasteiger partial charge in [-0.3, -0.25) is 9.59 Å². The van der Waals surface area contributed by atoms with Crippen LogP contribution in [-0.4, -0.2) is 66.8 Å². The number of carbonyl (C=O) groups excluding carboxylic acids is 2. The van der Waals surface area contributed by atoms with E-state index in [1.54, 1.807) is 28.2 Å². The van der Waals surface area contributed by atoms with Crippen molar-refractivity contribution in [3.05, 3.63) is 59.7 Å². The van der Waals surface area contributed by atoms with Crippen molar-refractivity contribution in [1.82, 2.24) is 25.5 Å². The van der Waals surface area contributed by atoms with Crippen molar-refractivity contribution in [3.63, 3.8) is 0 Å². The van der Waals surface area contributed by atoms with Crippen molar-refractivity contribution in [2.45, 2.75) is 42.5 Å². The van der Waals surface area contributed by atoms with E-state index in [0.29, 0.717) is 18.6 Å². The molecular weight excluding hydrogens is 405 g/mol.